The highest BCUT2D eigenvalue weighted by Crippen LogP contribution is 2.34. The predicted octanol–water partition coefficient (Wildman–Crippen LogP) is 3.30. The summed E-state index contributed by atoms with van der Waals surface area (Å²) in [5, 5.41) is 2.97. The number of carbonyl (C=O) groups is 1. The van der Waals surface area contributed by atoms with E-state index in [9.17, 15) is 4.79 Å². The number of nitrogens with zero attached hydrogens (tertiary/aromatic N) is 1. The molecule has 1 aliphatic rings. The minimum absolute atomic E-state index is 0.0158. The highest BCUT2D eigenvalue weighted by molar-refractivity contribution is 5.90. The molecule has 1 aliphatic heterocycles. The molecule has 0 bridgehead atoms. The largest absolute Gasteiger partial charge is 0.326 e. The molecule has 1 amide bonds. The second-order valence-corrected chi connectivity index (χ2v) is 5.65. The van der Waals surface area contributed by atoms with Crippen molar-refractivity contribution in [1.82, 2.24) is 4.90 Å². The lowest BCUT2D eigenvalue weighted by molar-refractivity contribution is -0.114. The van der Waals surface area contributed by atoms with E-state index in [0.29, 0.717) is 0 Å². The van der Waals surface area contributed by atoms with E-state index in [-0.39, 0.29) is 5.91 Å². The van der Waals surface area contributed by atoms with E-state index in [4.69, 9.17) is 0 Å². The summed E-state index contributed by atoms with van der Waals surface area (Å²) in [6.07, 6.45) is 1.02. The van der Waals surface area contributed by atoms with E-state index in [1.807, 2.05) is 12.1 Å². The van der Waals surface area contributed by atoms with Gasteiger partial charge in [0.2, 0.25) is 5.91 Å². The standard InChI is InChI=1S/C18H20N2O/c1-13(21)19-18-9-8-15(14-6-4-3-5-7-14)16-10-11-20(2)12-17(16)18/h3-9H,10-12H2,1-2H3,(H,19,21). The van der Waals surface area contributed by atoms with Gasteiger partial charge in [0.15, 0.2) is 0 Å². The predicted molar refractivity (Wildman–Crippen MR) is 86.2 cm³/mol. The van der Waals surface area contributed by atoms with Gasteiger partial charge in [-0.1, -0.05) is 36.4 Å². The summed E-state index contributed by atoms with van der Waals surface area (Å²) < 4.78 is 0. The first-order valence-electron chi connectivity index (χ1n) is 7.31. The van der Waals surface area contributed by atoms with E-state index < -0.39 is 0 Å². The fourth-order valence-corrected chi connectivity index (χ4v) is 3.01. The van der Waals surface area contributed by atoms with Gasteiger partial charge in [0.25, 0.3) is 0 Å². The van der Waals surface area contributed by atoms with Crippen LogP contribution in [0, 0.1) is 0 Å². The summed E-state index contributed by atoms with van der Waals surface area (Å²) in [5.74, 6) is -0.0158. The van der Waals surface area contributed by atoms with Crippen molar-refractivity contribution in [2.75, 3.05) is 18.9 Å². The highest BCUT2D eigenvalue weighted by atomic mass is 16.1. The van der Waals surface area contributed by atoms with Crippen molar-refractivity contribution in [3.05, 3.63) is 53.6 Å². The molecule has 0 spiro atoms. The molecule has 0 saturated carbocycles. The maximum absolute atomic E-state index is 11.4. The molecule has 2 aromatic rings. The van der Waals surface area contributed by atoms with Gasteiger partial charge < -0.3 is 10.2 Å². The van der Waals surface area contributed by atoms with Crippen LogP contribution >= 0.6 is 0 Å². The molecule has 3 heteroatoms. The van der Waals surface area contributed by atoms with Crippen molar-refractivity contribution < 1.29 is 4.79 Å². The molecular formula is C18H20N2O. The van der Waals surface area contributed by atoms with Crippen molar-refractivity contribution in [2.24, 2.45) is 0 Å². The maximum Gasteiger partial charge on any atom is 0.221 e. The zero-order valence-corrected chi connectivity index (χ0v) is 12.5. The van der Waals surface area contributed by atoms with Crippen molar-refractivity contribution >= 4 is 11.6 Å². The molecule has 108 valence electrons. The third-order valence-corrected chi connectivity index (χ3v) is 4.00. The molecule has 3 rings (SSSR count). The first kappa shape index (κ1) is 13.8. The molecule has 0 fully saturated rings. The smallest absolute Gasteiger partial charge is 0.221 e. The summed E-state index contributed by atoms with van der Waals surface area (Å²) in [4.78, 5) is 13.7. The average molecular weight is 280 g/mol. The third-order valence-electron chi connectivity index (χ3n) is 4.00. The summed E-state index contributed by atoms with van der Waals surface area (Å²) >= 11 is 0. The van der Waals surface area contributed by atoms with Crippen molar-refractivity contribution in [1.29, 1.82) is 0 Å². The second kappa shape index (κ2) is 5.70. The molecule has 0 aromatic heterocycles. The number of hydrogen-bond acceptors (Lipinski definition) is 2. The van der Waals surface area contributed by atoms with Gasteiger partial charge >= 0.3 is 0 Å². The zero-order valence-electron chi connectivity index (χ0n) is 12.5. The highest BCUT2D eigenvalue weighted by Gasteiger charge is 2.20. The minimum Gasteiger partial charge on any atom is -0.326 e. The molecule has 1 N–H and O–H groups in total. The van der Waals surface area contributed by atoms with Crippen LogP contribution in [0.5, 0.6) is 0 Å². The number of anilines is 1. The van der Waals surface area contributed by atoms with Gasteiger partial charge in [-0.2, -0.15) is 0 Å². The van der Waals surface area contributed by atoms with Gasteiger partial charge in [-0.15, -0.1) is 0 Å². The Morgan fingerprint density at radius 3 is 2.57 bits per heavy atom. The Bertz CT molecular complexity index is 664. The Hall–Kier alpha value is -2.13. The Labute approximate surface area is 125 Å². The van der Waals surface area contributed by atoms with Crippen LogP contribution in [0.3, 0.4) is 0 Å². The third kappa shape index (κ3) is 2.83. The Morgan fingerprint density at radius 2 is 1.86 bits per heavy atom. The van der Waals surface area contributed by atoms with Crippen LogP contribution in [0.15, 0.2) is 42.5 Å². The fourth-order valence-electron chi connectivity index (χ4n) is 3.01. The first-order valence-corrected chi connectivity index (χ1v) is 7.31. The van der Waals surface area contributed by atoms with Crippen LogP contribution < -0.4 is 5.32 Å². The van der Waals surface area contributed by atoms with E-state index >= 15 is 0 Å². The van der Waals surface area contributed by atoms with Gasteiger partial charge in [0.1, 0.15) is 0 Å². The number of rotatable bonds is 2. The molecule has 0 atom stereocenters. The normalized spacial score (nSPS) is 14.6. The molecule has 0 unspecified atom stereocenters. The molecule has 1 heterocycles. The Morgan fingerprint density at radius 1 is 1.10 bits per heavy atom. The lowest BCUT2D eigenvalue weighted by Crippen LogP contribution is -2.28. The summed E-state index contributed by atoms with van der Waals surface area (Å²) in [7, 11) is 2.12. The van der Waals surface area contributed by atoms with E-state index in [2.05, 4.69) is 47.6 Å². The zero-order chi connectivity index (χ0) is 14.8. The van der Waals surface area contributed by atoms with Gasteiger partial charge in [-0.3, -0.25) is 4.79 Å². The Kier molecular flexibility index (Phi) is 3.76. The number of carbonyl (C=O) groups excluding carboxylic acids is 1. The van der Waals surface area contributed by atoms with Crippen LogP contribution in [0.2, 0.25) is 0 Å². The van der Waals surface area contributed by atoms with Crippen LogP contribution in [0.1, 0.15) is 18.1 Å². The monoisotopic (exact) mass is 280 g/mol. The first-order chi connectivity index (χ1) is 10.1. The maximum atomic E-state index is 11.4. The second-order valence-electron chi connectivity index (χ2n) is 5.65. The molecule has 0 saturated heterocycles. The minimum atomic E-state index is -0.0158. The van der Waals surface area contributed by atoms with Crippen LogP contribution in [-0.2, 0) is 17.8 Å². The van der Waals surface area contributed by atoms with Gasteiger partial charge in [-0.05, 0) is 41.8 Å². The number of fused-ring (bicyclic) bond motifs is 1. The topological polar surface area (TPSA) is 32.3 Å². The molecule has 3 nitrogen and oxygen atoms in total. The number of likely N-dealkylation sites (N-methyl/N-ethyl adjacent to an activating group) is 1. The summed E-state index contributed by atoms with van der Waals surface area (Å²) in [6.45, 7) is 3.49. The van der Waals surface area contributed by atoms with Crippen LogP contribution in [0.4, 0.5) is 5.69 Å². The van der Waals surface area contributed by atoms with E-state index in [1.54, 1.807) is 6.92 Å². The number of benzene rings is 2. The quantitative estimate of drug-likeness (QED) is 0.915. The van der Waals surface area contributed by atoms with Crippen molar-refractivity contribution in [3.8, 4) is 11.1 Å². The van der Waals surface area contributed by atoms with Crippen LogP contribution in [0.25, 0.3) is 11.1 Å². The molecule has 0 aliphatic carbocycles. The van der Waals surface area contributed by atoms with Crippen molar-refractivity contribution in [3.63, 3.8) is 0 Å². The fraction of sp³-hybridized carbons (Fsp3) is 0.278. The lowest BCUT2D eigenvalue weighted by atomic mass is 9.89. The summed E-state index contributed by atoms with van der Waals surface area (Å²) in [5.41, 5.74) is 6.09. The van der Waals surface area contributed by atoms with Gasteiger partial charge in [0, 0.05) is 25.7 Å². The van der Waals surface area contributed by atoms with E-state index in [1.165, 1.54) is 22.3 Å². The number of nitrogens with one attached hydrogen (secondary N) is 1. The lowest BCUT2D eigenvalue weighted by Gasteiger charge is -2.29. The molecular weight excluding hydrogens is 260 g/mol. The van der Waals surface area contributed by atoms with Crippen LogP contribution in [-0.4, -0.2) is 24.4 Å². The molecule has 2 aromatic carbocycles. The number of amides is 1. The SMILES string of the molecule is CC(=O)Nc1ccc(-c2ccccc2)c2c1CN(C)CC2. The Balaban J connectivity index is 2.12. The van der Waals surface area contributed by atoms with E-state index in [0.717, 1.165) is 25.2 Å². The van der Waals surface area contributed by atoms with Gasteiger partial charge in [0.05, 0.1) is 0 Å². The number of hydrogen-bond donors (Lipinski definition) is 1. The summed E-state index contributed by atoms with van der Waals surface area (Å²) in [6, 6.07) is 14.6. The molecule has 0 radical (unpaired) electrons. The average Bonchev–Trinajstić information content (AvgIpc) is 2.48. The molecule has 21 heavy (non-hydrogen) atoms. The van der Waals surface area contributed by atoms with Crippen molar-refractivity contribution in [2.45, 2.75) is 19.9 Å². The van der Waals surface area contributed by atoms with Gasteiger partial charge in [-0.25, -0.2) is 0 Å².